The SMILES string of the molecule is C=C(C)C(=O)Oc1cc2ccccc2s1. The lowest BCUT2D eigenvalue weighted by molar-refractivity contribution is -0.129. The molecule has 0 spiro atoms. The van der Waals surface area contributed by atoms with E-state index in [0.717, 1.165) is 10.1 Å². The van der Waals surface area contributed by atoms with E-state index < -0.39 is 0 Å². The first kappa shape index (κ1) is 9.93. The van der Waals surface area contributed by atoms with Gasteiger partial charge in [0.15, 0.2) is 5.06 Å². The van der Waals surface area contributed by atoms with Gasteiger partial charge in [0.1, 0.15) is 0 Å². The first-order valence-corrected chi connectivity index (χ1v) is 5.35. The Balaban J connectivity index is 2.30. The van der Waals surface area contributed by atoms with Crippen molar-refractivity contribution < 1.29 is 9.53 Å². The lowest BCUT2D eigenvalue weighted by Gasteiger charge is -1.98. The van der Waals surface area contributed by atoms with Crippen molar-refractivity contribution in [3.63, 3.8) is 0 Å². The van der Waals surface area contributed by atoms with Crippen LogP contribution in [0.15, 0.2) is 42.5 Å². The summed E-state index contributed by atoms with van der Waals surface area (Å²) < 4.78 is 6.25. The van der Waals surface area contributed by atoms with Gasteiger partial charge in [0.05, 0.1) is 0 Å². The van der Waals surface area contributed by atoms with Crippen molar-refractivity contribution in [3.05, 3.63) is 42.5 Å². The van der Waals surface area contributed by atoms with E-state index in [1.165, 1.54) is 11.3 Å². The second-order valence-electron chi connectivity index (χ2n) is 3.27. The van der Waals surface area contributed by atoms with Gasteiger partial charge in [-0.25, -0.2) is 4.79 Å². The Morgan fingerprint density at radius 3 is 2.80 bits per heavy atom. The number of esters is 1. The molecule has 0 atom stereocenters. The van der Waals surface area contributed by atoms with Crippen LogP contribution in [0.3, 0.4) is 0 Å². The number of rotatable bonds is 2. The largest absolute Gasteiger partial charge is 0.412 e. The molecule has 0 aliphatic rings. The molecule has 0 saturated carbocycles. The normalized spacial score (nSPS) is 10.2. The first-order valence-electron chi connectivity index (χ1n) is 4.53. The minimum absolute atomic E-state index is 0.374. The van der Waals surface area contributed by atoms with Crippen LogP contribution in [0.1, 0.15) is 6.92 Å². The third-order valence-electron chi connectivity index (χ3n) is 1.94. The molecule has 1 heterocycles. The van der Waals surface area contributed by atoms with E-state index >= 15 is 0 Å². The second-order valence-corrected chi connectivity index (χ2v) is 4.32. The number of carbonyl (C=O) groups excluding carboxylic acids is 1. The average molecular weight is 218 g/mol. The second kappa shape index (κ2) is 3.87. The molecule has 0 bridgehead atoms. The van der Waals surface area contributed by atoms with Crippen molar-refractivity contribution in [2.45, 2.75) is 6.92 Å². The summed E-state index contributed by atoms with van der Waals surface area (Å²) in [5.41, 5.74) is 0.410. The van der Waals surface area contributed by atoms with E-state index in [1.807, 2.05) is 30.3 Å². The van der Waals surface area contributed by atoms with Gasteiger partial charge in [-0.2, -0.15) is 0 Å². The zero-order chi connectivity index (χ0) is 10.8. The van der Waals surface area contributed by atoms with E-state index in [2.05, 4.69) is 6.58 Å². The highest BCUT2D eigenvalue weighted by atomic mass is 32.1. The smallest absolute Gasteiger partial charge is 0.339 e. The van der Waals surface area contributed by atoms with Crippen molar-refractivity contribution in [1.82, 2.24) is 0 Å². The Kier molecular flexibility index (Phi) is 2.56. The van der Waals surface area contributed by atoms with Crippen molar-refractivity contribution >= 4 is 27.4 Å². The van der Waals surface area contributed by atoms with Gasteiger partial charge in [0.25, 0.3) is 0 Å². The number of thiophene rings is 1. The van der Waals surface area contributed by atoms with Gasteiger partial charge in [0, 0.05) is 16.3 Å². The highest BCUT2D eigenvalue weighted by Crippen LogP contribution is 2.31. The van der Waals surface area contributed by atoms with Crippen LogP contribution >= 0.6 is 11.3 Å². The van der Waals surface area contributed by atoms with Crippen LogP contribution in [0.4, 0.5) is 0 Å². The summed E-state index contributed by atoms with van der Waals surface area (Å²) in [6.45, 7) is 5.17. The summed E-state index contributed by atoms with van der Waals surface area (Å²) in [5.74, 6) is -0.374. The van der Waals surface area contributed by atoms with Gasteiger partial charge in [-0.15, -0.1) is 0 Å². The molecule has 0 saturated heterocycles. The number of ether oxygens (including phenoxy) is 1. The molecule has 1 aromatic heterocycles. The summed E-state index contributed by atoms with van der Waals surface area (Å²) in [6, 6.07) is 9.77. The quantitative estimate of drug-likeness (QED) is 0.570. The van der Waals surface area contributed by atoms with Crippen LogP contribution in [0.5, 0.6) is 5.06 Å². The van der Waals surface area contributed by atoms with Gasteiger partial charge in [0.2, 0.25) is 0 Å². The Morgan fingerprint density at radius 1 is 1.40 bits per heavy atom. The van der Waals surface area contributed by atoms with Crippen molar-refractivity contribution in [2.24, 2.45) is 0 Å². The van der Waals surface area contributed by atoms with Crippen LogP contribution in [0, 0.1) is 0 Å². The van der Waals surface area contributed by atoms with Gasteiger partial charge in [-0.05, 0) is 18.4 Å². The topological polar surface area (TPSA) is 26.3 Å². The summed E-state index contributed by atoms with van der Waals surface area (Å²) in [7, 11) is 0. The van der Waals surface area contributed by atoms with Crippen LogP contribution in [-0.4, -0.2) is 5.97 Å². The third kappa shape index (κ3) is 2.07. The zero-order valence-electron chi connectivity index (χ0n) is 8.32. The van der Waals surface area contributed by atoms with Crippen molar-refractivity contribution in [2.75, 3.05) is 0 Å². The summed E-state index contributed by atoms with van der Waals surface area (Å²) in [6.07, 6.45) is 0. The fourth-order valence-electron chi connectivity index (χ4n) is 1.19. The molecule has 0 unspecified atom stereocenters. The Bertz CT molecular complexity index is 492. The molecule has 2 rings (SSSR count). The fourth-order valence-corrected chi connectivity index (χ4v) is 2.10. The van der Waals surface area contributed by atoms with Gasteiger partial charge < -0.3 is 4.74 Å². The molecule has 0 N–H and O–H groups in total. The monoisotopic (exact) mass is 218 g/mol. The molecule has 0 amide bonds. The molecule has 76 valence electrons. The van der Waals surface area contributed by atoms with Crippen molar-refractivity contribution in [1.29, 1.82) is 0 Å². The highest BCUT2D eigenvalue weighted by molar-refractivity contribution is 7.20. The number of benzene rings is 1. The first-order chi connectivity index (χ1) is 7.16. The van der Waals surface area contributed by atoms with E-state index in [1.54, 1.807) is 6.92 Å². The van der Waals surface area contributed by atoms with Crippen LogP contribution in [0.25, 0.3) is 10.1 Å². The number of hydrogen-bond donors (Lipinski definition) is 0. The number of fused-ring (bicyclic) bond motifs is 1. The van der Waals surface area contributed by atoms with E-state index in [-0.39, 0.29) is 5.97 Å². The predicted octanol–water partition coefficient (Wildman–Crippen LogP) is 3.38. The van der Waals surface area contributed by atoms with E-state index in [4.69, 9.17) is 4.74 Å². The minimum Gasteiger partial charge on any atom is -0.412 e. The lowest BCUT2D eigenvalue weighted by atomic mass is 10.3. The molecule has 15 heavy (non-hydrogen) atoms. The Morgan fingerprint density at radius 2 is 2.13 bits per heavy atom. The molecular formula is C12H10O2S. The number of carbonyl (C=O) groups is 1. The molecule has 0 fully saturated rings. The summed E-state index contributed by atoms with van der Waals surface area (Å²) >= 11 is 1.46. The summed E-state index contributed by atoms with van der Waals surface area (Å²) in [5, 5.41) is 1.70. The van der Waals surface area contributed by atoms with Crippen LogP contribution in [-0.2, 0) is 4.79 Å². The maximum absolute atomic E-state index is 11.3. The fraction of sp³-hybridized carbons (Fsp3) is 0.0833. The molecule has 2 aromatic rings. The maximum Gasteiger partial charge on any atom is 0.339 e. The Hall–Kier alpha value is -1.61. The molecule has 2 nitrogen and oxygen atoms in total. The van der Waals surface area contributed by atoms with Crippen LogP contribution < -0.4 is 4.74 Å². The standard InChI is InChI=1S/C12H10O2S/c1-8(2)12(13)14-11-7-9-5-3-4-6-10(9)15-11/h3-7H,1H2,2H3. The molecule has 1 aromatic carbocycles. The molecule has 3 heteroatoms. The number of hydrogen-bond acceptors (Lipinski definition) is 3. The third-order valence-corrected chi connectivity index (χ3v) is 2.94. The average Bonchev–Trinajstić information content (AvgIpc) is 2.59. The van der Waals surface area contributed by atoms with E-state index in [0.29, 0.717) is 10.6 Å². The zero-order valence-corrected chi connectivity index (χ0v) is 9.14. The predicted molar refractivity (Wildman–Crippen MR) is 62.3 cm³/mol. The molecule has 0 aliphatic carbocycles. The van der Waals surface area contributed by atoms with Gasteiger partial charge in [-0.1, -0.05) is 36.1 Å². The van der Waals surface area contributed by atoms with Gasteiger partial charge >= 0.3 is 5.97 Å². The Labute approximate surface area is 91.8 Å². The molecule has 0 radical (unpaired) electrons. The van der Waals surface area contributed by atoms with E-state index in [9.17, 15) is 4.79 Å². The van der Waals surface area contributed by atoms with Crippen molar-refractivity contribution in [3.8, 4) is 5.06 Å². The lowest BCUT2D eigenvalue weighted by Crippen LogP contribution is -2.06. The molecule has 0 aliphatic heterocycles. The minimum atomic E-state index is -0.374. The molecular weight excluding hydrogens is 208 g/mol. The summed E-state index contributed by atoms with van der Waals surface area (Å²) in [4.78, 5) is 11.3. The van der Waals surface area contributed by atoms with Gasteiger partial charge in [-0.3, -0.25) is 0 Å². The maximum atomic E-state index is 11.3. The highest BCUT2D eigenvalue weighted by Gasteiger charge is 2.08. The van der Waals surface area contributed by atoms with Crippen LogP contribution in [0.2, 0.25) is 0 Å².